The molecule has 20 heavy (non-hydrogen) atoms. The van der Waals surface area contributed by atoms with Crippen LogP contribution in [0.5, 0.6) is 0 Å². The van der Waals surface area contributed by atoms with Gasteiger partial charge in [-0.25, -0.2) is 4.98 Å². The molecule has 1 heterocycles. The molecular weight excluding hydrogens is 299 g/mol. The van der Waals surface area contributed by atoms with Crippen LogP contribution in [0.3, 0.4) is 0 Å². The molecule has 3 N–H and O–H groups in total. The molecule has 1 amide bonds. The van der Waals surface area contributed by atoms with Crippen LogP contribution >= 0.6 is 24.8 Å². The Kier molecular flexibility index (Phi) is 11.4. The molecule has 0 saturated heterocycles. The van der Waals surface area contributed by atoms with Gasteiger partial charge >= 0.3 is 0 Å². The van der Waals surface area contributed by atoms with Crippen molar-refractivity contribution in [2.24, 2.45) is 0 Å². The van der Waals surface area contributed by atoms with E-state index in [9.17, 15) is 4.79 Å². The Bertz CT molecular complexity index is 400. The molecule has 0 fully saturated rings. The Hall–Kier alpha value is -1.04. The first kappa shape index (κ1) is 21.3. The summed E-state index contributed by atoms with van der Waals surface area (Å²) in [6.45, 7) is 9.00. The lowest BCUT2D eigenvalue weighted by Crippen LogP contribution is -2.42. The van der Waals surface area contributed by atoms with E-state index >= 15 is 0 Å². The van der Waals surface area contributed by atoms with Crippen molar-refractivity contribution < 1.29 is 4.79 Å². The summed E-state index contributed by atoms with van der Waals surface area (Å²) in [5, 5.41) is 2.92. The number of nitrogens with two attached hydrogens (primary N) is 1. The summed E-state index contributed by atoms with van der Waals surface area (Å²) < 4.78 is 0. The Labute approximate surface area is 133 Å². The van der Waals surface area contributed by atoms with Gasteiger partial charge in [-0.15, -0.1) is 24.8 Å². The van der Waals surface area contributed by atoms with Crippen LogP contribution in [0.1, 0.15) is 31.3 Å². The number of pyridine rings is 1. The van der Waals surface area contributed by atoms with Crippen LogP contribution in [0, 0.1) is 0 Å². The molecule has 0 aliphatic heterocycles. The van der Waals surface area contributed by atoms with Crippen molar-refractivity contribution in [3.63, 3.8) is 0 Å². The maximum absolute atomic E-state index is 11.9. The predicted molar refractivity (Wildman–Crippen MR) is 87.9 cm³/mol. The highest BCUT2D eigenvalue weighted by Gasteiger charge is 2.13. The van der Waals surface area contributed by atoms with Gasteiger partial charge in [0.1, 0.15) is 11.5 Å². The van der Waals surface area contributed by atoms with Crippen molar-refractivity contribution in [2.45, 2.75) is 26.8 Å². The van der Waals surface area contributed by atoms with Crippen LogP contribution in [-0.2, 0) is 0 Å². The van der Waals surface area contributed by atoms with E-state index in [1.54, 1.807) is 18.2 Å². The molecular formula is C13H24Cl2N4O. The number of carbonyl (C=O) groups excluding carboxylic acids is 1. The number of rotatable bonds is 6. The van der Waals surface area contributed by atoms with Crippen molar-refractivity contribution in [1.29, 1.82) is 0 Å². The molecule has 0 spiro atoms. The minimum absolute atomic E-state index is 0. The zero-order valence-electron chi connectivity index (χ0n) is 12.1. The molecule has 1 rings (SSSR count). The smallest absolute Gasteiger partial charge is 0.270 e. The topological polar surface area (TPSA) is 71.2 Å². The highest BCUT2D eigenvalue weighted by molar-refractivity contribution is 5.92. The molecule has 0 radical (unpaired) electrons. The highest BCUT2D eigenvalue weighted by atomic mass is 35.5. The first-order valence-electron chi connectivity index (χ1n) is 6.32. The second-order valence-electron chi connectivity index (χ2n) is 4.31. The summed E-state index contributed by atoms with van der Waals surface area (Å²) in [4.78, 5) is 18.2. The molecule has 1 unspecified atom stereocenters. The zero-order chi connectivity index (χ0) is 13.5. The van der Waals surface area contributed by atoms with Crippen LogP contribution in [0.25, 0.3) is 0 Å². The third-order valence-corrected chi connectivity index (χ3v) is 2.81. The van der Waals surface area contributed by atoms with Gasteiger partial charge in [-0.05, 0) is 32.1 Å². The van der Waals surface area contributed by atoms with Crippen LogP contribution in [0.2, 0.25) is 0 Å². The van der Waals surface area contributed by atoms with E-state index in [-0.39, 0.29) is 36.8 Å². The second kappa shape index (κ2) is 10.7. The van der Waals surface area contributed by atoms with E-state index in [1.165, 1.54) is 0 Å². The zero-order valence-corrected chi connectivity index (χ0v) is 13.8. The lowest BCUT2D eigenvalue weighted by molar-refractivity contribution is 0.0925. The highest BCUT2D eigenvalue weighted by Crippen LogP contribution is 2.01. The van der Waals surface area contributed by atoms with E-state index in [2.05, 4.69) is 29.0 Å². The number of amides is 1. The van der Waals surface area contributed by atoms with Crippen LogP contribution < -0.4 is 11.1 Å². The largest absolute Gasteiger partial charge is 0.384 e. The molecule has 116 valence electrons. The molecule has 0 aliphatic carbocycles. The van der Waals surface area contributed by atoms with Crippen molar-refractivity contribution in [1.82, 2.24) is 15.2 Å². The minimum Gasteiger partial charge on any atom is -0.384 e. The number of nitrogens with one attached hydrogen (secondary N) is 1. The average Bonchev–Trinajstić information content (AvgIpc) is 2.35. The van der Waals surface area contributed by atoms with Crippen LogP contribution in [-0.4, -0.2) is 41.5 Å². The fraction of sp³-hybridized carbons (Fsp3) is 0.538. The van der Waals surface area contributed by atoms with Crippen molar-refractivity contribution in [2.75, 3.05) is 25.4 Å². The predicted octanol–water partition coefficient (Wildman–Crippen LogP) is 1.97. The maximum atomic E-state index is 11.9. The molecule has 1 aromatic rings. The fourth-order valence-corrected chi connectivity index (χ4v) is 1.79. The molecule has 5 nitrogen and oxygen atoms in total. The number of carbonyl (C=O) groups is 1. The van der Waals surface area contributed by atoms with Gasteiger partial charge < -0.3 is 16.0 Å². The molecule has 1 atom stereocenters. The summed E-state index contributed by atoms with van der Waals surface area (Å²) in [6.07, 6.45) is 0. The van der Waals surface area contributed by atoms with Gasteiger partial charge in [-0.1, -0.05) is 19.9 Å². The Morgan fingerprint density at radius 1 is 1.35 bits per heavy atom. The summed E-state index contributed by atoms with van der Waals surface area (Å²) in [5.74, 6) is 0.181. The molecule has 0 bridgehead atoms. The molecule has 0 aliphatic rings. The van der Waals surface area contributed by atoms with Gasteiger partial charge in [-0.2, -0.15) is 0 Å². The van der Waals surface area contributed by atoms with E-state index in [0.717, 1.165) is 19.6 Å². The first-order valence-corrected chi connectivity index (χ1v) is 6.32. The molecule has 0 saturated carbocycles. The third kappa shape index (κ3) is 6.93. The number of hydrogen-bond acceptors (Lipinski definition) is 4. The van der Waals surface area contributed by atoms with Crippen molar-refractivity contribution in [3.8, 4) is 0 Å². The molecule has 0 aromatic carbocycles. The Morgan fingerprint density at radius 2 is 1.95 bits per heavy atom. The summed E-state index contributed by atoms with van der Waals surface area (Å²) in [6, 6.07) is 5.14. The summed E-state index contributed by atoms with van der Waals surface area (Å²) >= 11 is 0. The SMILES string of the molecule is CCN(CC)CC(C)NC(=O)c1cccc(N)n1.Cl.Cl. The third-order valence-electron chi connectivity index (χ3n) is 2.81. The normalized spacial score (nSPS) is 11.2. The summed E-state index contributed by atoms with van der Waals surface area (Å²) in [5.41, 5.74) is 5.91. The standard InChI is InChI=1S/C13H22N4O.2ClH/c1-4-17(5-2)9-10(3)15-13(18)11-7-6-8-12(14)16-11;;/h6-8,10H,4-5,9H2,1-3H3,(H2,14,16)(H,15,18);2*1H. The maximum Gasteiger partial charge on any atom is 0.270 e. The molecule has 7 heteroatoms. The monoisotopic (exact) mass is 322 g/mol. The number of aromatic nitrogens is 1. The Balaban J connectivity index is 0. The van der Waals surface area contributed by atoms with Crippen molar-refractivity contribution in [3.05, 3.63) is 23.9 Å². The molecule has 1 aromatic heterocycles. The number of nitrogen functional groups attached to an aromatic ring is 1. The quantitative estimate of drug-likeness (QED) is 0.840. The van der Waals surface area contributed by atoms with Gasteiger partial charge in [0.25, 0.3) is 5.91 Å². The Morgan fingerprint density at radius 3 is 2.45 bits per heavy atom. The lowest BCUT2D eigenvalue weighted by atomic mass is 10.2. The van der Waals surface area contributed by atoms with E-state index in [1.807, 2.05) is 6.92 Å². The van der Waals surface area contributed by atoms with E-state index in [0.29, 0.717) is 11.5 Å². The van der Waals surface area contributed by atoms with Gasteiger partial charge in [0.05, 0.1) is 0 Å². The second-order valence-corrected chi connectivity index (χ2v) is 4.31. The van der Waals surface area contributed by atoms with E-state index < -0.39 is 0 Å². The number of anilines is 1. The number of likely N-dealkylation sites (N-methyl/N-ethyl adjacent to an activating group) is 1. The van der Waals surface area contributed by atoms with Gasteiger partial charge in [0.2, 0.25) is 0 Å². The first-order chi connectivity index (χ1) is 8.56. The number of hydrogen-bond donors (Lipinski definition) is 2. The van der Waals surface area contributed by atoms with Crippen LogP contribution in [0.15, 0.2) is 18.2 Å². The van der Waals surface area contributed by atoms with Gasteiger partial charge in [-0.3, -0.25) is 4.79 Å². The minimum atomic E-state index is -0.179. The average molecular weight is 323 g/mol. The summed E-state index contributed by atoms with van der Waals surface area (Å²) in [7, 11) is 0. The van der Waals surface area contributed by atoms with Gasteiger partial charge in [0.15, 0.2) is 0 Å². The number of halogens is 2. The van der Waals surface area contributed by atoms with Crippen LogP contribution in [0.4, 0.5) is 5.82 Å². The van der Waals surface area contributed by atoms with E-state index in [4.69, 9.17) is 5.73 Å². The fourth-order valence-electron chi connectivity index (χ4n) is 1.79. The lowest BCUT2D eigenvalue weighted by Gasteiger charge is -2.23. The van der Waals surface area contributed by atoms with Gasteiger partial charge in [0, 0.05) is 12.6 Å². The number of nitrogens with zero attached hydrogens (tertiary/aromatic N) is 2. The van der Waals surface area contributed by atoms with Crippen molar-refractivity contribution >= 4 is 36.5 Å².